The van der Waals surface area contributed by atoms with E-state index in [0.717, 1.165) is 0 Å². The Morgan fingerprint density at radius 2 is 2.36 bits per heavy atom. The van der Waals surface area contributed by atoms with Gasteiger partial charge in [-0.3, -0.25) is 0 Å². The molecule has 0 saturated heterocycles. The average molecular weight is 152 g/mol. The molecule has 0 radical (unpaired) electrons. The highest BCUT2D eigenvalue weighted by Crippen LogP contribution is 1.87. The molecule has 11 heavy (non-hydrogen) atoms. The van der Waals surface area contributed by atoms with Crippen molar-refractivity contribution in [3.8, 4) is 0 Å². The lowest BCUT2D eigenvalue weighted by atomic mass is 10.4. The number of nitrogens with zero attached hydrogens (tertiary/aromatic N) is 3. The molecule has 1 aromatic rings. The zero-order chi connectivity index (χ0) is 8.27. The zero-order valence-electron chi connectivity index (χ0n) is 6.73. The summed E-state index contributed by atoms with van der Waals surface area (Å²) in [6.07, 6.45) is 3.43. The minimum atomic E-state index is 0.208. The number of aromatic nitrogens is 2. The summed E-state index contributed by atoms with van der Waals surface area (Å²) in [6.45, 7) is 3.94. The van der Waals surface area contributed by atoms with Crippen LogP contribution in [0.25, 0.3) is 0 Å². The van der Waals surface area contributed by atoms with Crippen molar-refractivity contribution in [2.24, 2.45) is 10.7 Å². The maximum atomic E-state index is 5.59. The van der Waals surface area contributed by atoms with E-state index in [2.05, 4.69) is 10.1 Å². The van der Waals surface area contributed by atoms with E-state index >= 15 is 0 Å². The smallest absolute Gasteiger partial charge is 0.216 e. The molecule has 2 N–H and O–H groups in total. The fourth-order valence-corrected chi connectivity index (χ4v) is 0.728. The van der Waals surface area contributed by atoms with E-state index in [1.807, 2.05) is 19.9 Å². The molecule has 0 aliphatic rings. The first kappa shape index (κ1) is 7.78. The lowest BCUT2D eigenvalue weighted by Crippen LogP contribution is -2.24. The number of hydrogen-bond acceptors (Lipinski definition) is 2. The highest BCUT2D eigenvalue weighted by Gasteiger charge is 1.95. The van der Waals surface area contributed by atoms with Crippen LogP contribution in [0.2, 0.25) is 0 Å². The molecule has 0 aromatic carbocycles. The normalized spacial score (nSPS) is 12.5. The van der Waals surface area contributed by atoms with Gasteiger partial charge in [-0.05, 0) is 19.9 Å². The highest BCUT2D eigenvalue weighted by molar-refractivity contribution is 5.79. The molecule has 0 aliphatic carbocycles. The average Bonchev–Trinajstić information content (AvgIpc) is 2.35. The van der Waals surface area contributed by atoms with Gasteiger partial charge in [-0.1, -0.05) is 0 Å². The van der Waals surface area contributed by atoms with Crippen LogP contribution < -0.4 is 5.73 Å². The third-order valence-corrected chi connectivity index (χ3v) is 1.13. The Bertz CT molecular complexity index is 235. The van der Waals surface area contributed by atoms with Crippen molar-refractivity contribution in [1.29, 1.82) is 0 Å². The molecular formula is C7H12N4. The van der Waals surface area contributed by atoms with E-state index in [1.54, 1.807) is 17.1 Å². The van der Waals surface area contributed by atoms with Crippen LogP contribution in [-0.4, -0.2) is 21.8 Å². The van der Waals surface area contributed by atoms with Crippen molar-refractivity contribution in [1.82, 2.24) is 9.78 Å². The van der Waals surface area contributed by atoms with E-state index in [1.165, 1.54) is 0 Å². The lowest BCUT2D eigenvalue weighted by molar-refractivity contribution is 0.804. The van der Waals surface area contributed by atoms with Crippen molar-refractivity contribution in [2.75, 3.05) is 0 Å². The van der Waals surface area contributed by atoms with Gasteiger partial charge in [0.25, 0.3) is 0 Å². The third kappa shape index (κ3) is 2.07. The number of hydrogen-bond donors (Lipinski definition) is 1. The molecule has 1 aromatic heterocycles. The molecule has 0 amide bonds. The van der Waals surface area contributed by atoms with Crippen LogP contribution in [0.15, 0.2) is 23.5 Å². The summed E-state index contributed by atoms with van der Waals surface area (Å²) in [6, 6.07) is 2.02. The number of rotatable bonds is 1. The first-order chi connectivity index (χ1) is 5.20. The van der Waals surface area contributed by atoms with Crippen molar-refractivity contribution < 1.29 is 0 Å². The van der Waals surface area contributed by atoms with E-state index in [9.17, 15) is 0 Å². The molecule has 0 aliphatic heterocycles. The Kier molecular flexibility index (Phi) is 2.25. The van der Waals surface area contributed by atoms with E-state index in [-0.39, 0.29) is 6.04 Å². The van der Waals surface area contributed by atoms with Crippen LogP contribution in [0.4, 0.5) is 0 Å². The maximum Gasteiger partial charge on any atom is 0.216 e. The van der Waals surface area contributed by atoms with Crippen molar-refractivity contribution in [2.45, 2.75) is 19.9 Å². The highest BCUT2D eigenvalue weighted by atomic mass is 15.3. The second-order valence-corrected chi connectivity index (χ2v) is 2.53. The summed E-state index contributed by atoms with van der Waals surface area (Å²) in [5.41, 5.74) is 5.59. The largest absolute Gasteiger partial charge is 0.368 e. The summed E-state index contributed by atoms with van der Waals surface area (Å²) >= 11 is 0. The molecule has 60 valence electrons. The fourth-order valence-electron chi connectivity index (χ4n) is 0.728. The standard InChI is InChI=1S/C7H12N4/c1-6(2)10-7(8)11-5-3-4-9-11/h3-6H,1-2H3,(H2,8,10). The van der Waals surface area contributed by atoms with Gasteiger partial charge in [-0.25, -0.2) is 9.67 Å². The zero-order valence-corrected chi connectivity index (χ0v) is 6.73. The molecule has 0 atom stereocenters. The van der Waals surface area contributed by atoms with Gasteiger partial charge in [0.15, 0.2) is 0 Å². The van der Waals surface area contributed by atoms with Crippen LogP contribution in [0.1, 0.15) is 13.8 Å². The van der Waals surface area contributed by atoms with Crippen LogP contribution in [0.3, 0.4) is 0 Å². The Balaban J connectivity index is 2.77. The van der Waals surface area contributed by atoms with Gasteiger partial charge in [-0.15, -0.1) is 0 Å². The third-order valence-electron chi connectivity index (χ3n) is 1.13. The Morgan fingerprint density at radius 3 is 2.82 bits per heavy atom. The van der Waals surface area contributed by atoms with Gasteiger partial charge in [0.05, 0.1) is 0 Å². The molecular weight excluding hydrogens is 140 g/mol. The van der Waals surface area contributed by atoms with Crippen molar-refractivity contribution in [3.63, 3.8) is 0 Å². The summed E-state index contributed by atoms with van der Waals surface area (Å²) in [7, 11) is 0. The van der Waals surface area contributed by atoms with E-state index < -0.39 is 0 Å². The monoisotopic (exact) mass is 152 g/mol. The molecule has 0 bridgehead atoms. The predicted molar refractivity (Wildman–Crippen MR) is 44.4 cm³/mol. The predicted octanol–water partition coefficient (Wildman–Crippen LogP) is 0.454. The summed E-state index contributed by atoms with van der Waals surface area (Å²) in [4.78, 5) is 4.11. The van der Waals surface area contributed by atoms with Gasteiger partial charge in [0.1, 0.15) is 0 Å². The second-order valence-electron chi connectivity index (χ2n) is 2.53. The Labute approximate surface area is 65.7 Å². The number of aliphatic imine (C=N–C) groups is 1. The minimum absolute atomic E-state index is 0.208. The molecule has 4 nitrogen and oxygen atoms in total. The first-order valence-electron chi connectivity index (χ1n) is 3.53. The molecule has 1 rings (SSSR count). The van der Waals surface area contributed by atoms with E-state index in [4.69, 9.17) is 5.73 Å². The quantitative estimate of drug-likeness (QED) is 0.469. The summed E-state index contributed by atoms with van der Waals surface area (Å²) in [5.74, 6) is 0.435. The topological polar surface area (TPSA) is 56.2 Å². The molecule has 0 spiro atoms. The molecule has 4 heteroatoms. The van der Waals surface area contributed by atoms with Crippen LogP contribution >= 0.6 is 0 Å². The van der Waals surface area contributed by atoms with Crippen molar-refractivity contribution >= 4 is 5.96 Å². The maximum absolute atomic E-state index is 5.59. The van der Waals surface area contributed by atoms with Gasteiger partial charge in [0, 0.05) is 18.4 Å². The Morgan fingerprint density at radius 1 is 1.64 bits per heavy atom. The second kappa shape index (κ2) is 3.18. The Hall–Kier alpha value is -1.32. The molecule has 1 heterocycles. The molecule has 0 fully saturated rings. The van der Waals surface area contributed by atoms with Crippen molar-refractivity contribution in [3.05, 3.63) is 18.5 Å². The number of nitrogens with two attached hydrogens (primary N) is 1. The van der Waals surface area contributed by atoms with Gasteiger partial charge < -0.3 is 5.73 Å². The first-order valence-corrected chi connectivity index (χ1v) is 3.53. The SMILES string of the molecule is CC(C)N=C(N)n1cccn1. The van der Waals surface area contributed by atoms with Gasteiger partial charge in [0.2, 0.25) is 5.96 Å². The van der Waals surface area contributed by atoms with Crippen LogP contribution in [-0.2, 0) is 0 Å². The summed E-state index contributed by atoms with van der Waals surface area (Å²) in [5, 5.41) is 3.93. The fraction of sp³-hybridized carbons (Fsp3) is 0.429. The van der Waals surface area contributed by atoms with Crippen LogP contribution in [0, 0.1) is 0 Å². The summed E-state index contributed by atoms with van der Waals surface area (Å²) < 4.78 is 1.54. The molecule has 0 saturated carbocycles. The van der Waals surface area contributed by atoms with Gasteiger partial charge in [-0.2, -0.15) is 5.10 Å². The van der Waals surface area contributed by atoms with Gasteiger partial charge >= 0.3 is 0 Å². The van der Waals surface area contributed by atoms with E-state index in [0.29, 0.717) is 5.96 Å². The molecule has 0 unspecified atom stereocenters. The van der Waals surface area contributed by atoms with Crippen LogP contribution in [0.5, 0.6) is 0 Å². The minimum Gasteiger partial charge on any atom is -0.368 e. The lowest BCUT2D eigenvalue weighted by Gasteiger charge is -2.01.